The number of carbonyl (C=O) groups is 3. The van der Waals surface area contributed by atoms with Gasteiger partial charge in [-0.3, -0.25) is 9.59 Å². The van der Waals surface area contributed by atoms with Crippen molar-refractivity contribution < 1.29 is 32.3 Å². The van der Waals surface area contributed by atoms with Gasteiger partial charge in [-0.05, 0) is 42.0 Å². The van der Waals surface area contributed by atoms with Crippen molar-refractivity contribution in [2.45, 2.75) is 6.18 Å². The molecule has 10 heteroatoms. The van der Waals surface area contributed by atoms with Crippen LogP contribution in [-0.4, -0.2) is 36.4 Å². The van der Waals surface area contributed by atoms with E-state index >= 15 is 0 Å². The molecule has 2 N–H and O–H groups in total. The van der Waals surface area contributed by atoms with Crippen LogP contribution in [0.5, 0.6) is 5.75 Å². The van der Waals surface area contributed by atoms with Gasteiger partial charge in [-0.25, -0.2) is 9.69 Å². The maximum absolute atomic E-state index is 12.8. The monoisotopic (exact) mass is 419 g/mol. The van der Waals surface area contributed by atoms with Crippen LogP contribution in [0.25, 0.3) is 6.08 Å². The topological polar surface area (TPSA) is 87.7 Å². The van der Waals surface area contributed by atoms with E-state index in [0.717, 1.165) is 18.2 Å². The number of carbonyl (C=O) groups excluding carboxylic acids is 3. The third kappa shape index (κ3) is 4.77. The molecule has 3 rings (SSSR count). The second-order valence-corrected chi connectivity index (χ2v) is 6.28. The molecule has 2 aromatic rings. The standard InChI is InChI=1S/C20H16F3N3O4/c1-30-15-7-5-12(6-8-15)9-16-18(28)26(19(29)25-16)11-17(27)24-14-4-2-3-13(10-14)20(21,22)23/h2-10H,11H2,1H3,(H,24,27)(H,25,29)/b16-9-. The number of nitrogens with one attached hydrogen (secondary N) is 2. The average molecular weight is 419 g/mol. The first kappa shape index (κ1) is 20.9. The van der Waals surface area contributed by atoms with Crippen molar-refractivity contribution in [3.8, 4) is 5.75 Å². The molecular formula is C20H16F3N3O4. The largest absolute Gasteiger partial charge is 0.497 e. The number of ether oxygens (including phenoxy) is 1. The number of urea groups is 1. The Kier molecular flexibility index (Phi) is 5.77. The number of benzene rings is 2. The molecule has 7 nitrogen and oxygen atoms in total. The number of nitrogens with zero attached hydrogens (tertiary/aromatic N) is 1. The number of halogens is 3. The van der Waals surface area contributed by atoms with Gasteiger partial charge in [-0.2, -0.15) is 13.2 Å². The van der Waals surface area contributed by atoms with Crippen LogP contribution in [0.1, 0.15) is 11.1 Å². The van der Waals surface area contributed by atoms with Crippen LogP contribution in [0.15, 0.2) is 54.2 Å². The van der Waals surface area contributed by atoms with E-state index in [4.69, 9.17) is 4.74 Å². The second-order valence-electron chi connectivity index (χ2n) is 6.28. The maximum Gasteiger partial charge on any atom is 0.416 e. The van der Waals surface area contributed by atoms with E-state index in [0.29, 0.717) is 16.2 Å². The fourth-order valence-electron chi connectivity index (χ4n) is 2.70. The van der Waals surface area contributed by atoms with Gasteiger partial charge >= 0.3 is 12.2 Å². The summed E-state index contributed by atoms with van der Waals surface area (Å²) in [5.41, 5.74) is -0.442. The highest BCUT2D eigenvalue weighted by Crippen LogP contribution is 2.30. The smallest absolute Gasteiger partial charge is 0.416 e. The minimum Gasteiger partial charge on any atom is -0.497 e. The number of hydrogen-bond donors (Lipinski definition) is 2. The van der Waals surface area contributed by atoms with Gasteiger partial charge in [0.2, 0.25) is 5.91 Å². The van der Waals surface area contributed by atoms with Crippen LogP contribution in [0, 0.1) is 0 Å². The van der Waals surface area contributed by atoms with Gasteiger partial charge in [0, 0.05) is 5.69 Å². The van der Waals surface area contributed by atoms with E-state index in [1.54, 1.807) is 24.3 Å². The summed E-state index contributed by atoms with van der Waals surface area (Å²) in [5, 5.41) is 4.62. The summed E-state index contributed by atoms with van der Waals surface area (Å²) >= 11 is 0. The molecule has 2 aromatic carbocycles. The van der Waals surface area contributed by atoms with Crippen LogP contribution in [0.3, 0.4) is 0 Å². The first-order valence-corrected chi connectivity index (χ1v) is 8.63. The normalized spacial score (nSPS) is 15.3. The molecule has 0 unspecified atom stereocenters. The van der Waals surface area contributed by atoms with Gasteiger partial charge in [0.15, 0.2) is 0 Å². The average Bonchev–Trinajstić information content (AvgIpc) is 2.95. The van der Waals surface area contributed by atoms with Gasteiger partial charge in [0.25, 0.3) is 5.91 Å². The number of amides is 4. The highest BCUT2D eigenvalue weighted by molar-refractivity contribution is 6.15. The Morgan fingerprint density at radius 2 is 1.87 bits per heavy atom. The van der Waals surface area contributed by atoms with E-state index in [1.807, 2.05) is 0 Å². The molecule has 0 atom stereocenters. The van der Waals surface area contributed by atoms with Crippen molar-refractivity contribution >= 4 is 29.6 Å². The molecule has 1 saturated heterocycles. The predicted molar refractivity (Wildman–Crippen MR) is 101 cm³/mol. The molecular weight excluding hydrogens is 403 g/mol. The zero-order valence-electron chi connectivity index (χ0n) is 15.6. The summed E-state index contributed by atoms with van der Waals surface area (Å²) in [4.78, 5) is 37.3. The summed E-state index contributed by atoms with van der Waals surface area (Å²) in [6, 6.07) is 9.93. The molecule has 156 valence electrons. The fraction of sp³-hybridized carbons (Fsp3) is 0.150. The Labute approximate surface area is 169 Å². The third-order valence-corrected chi connectivity index (χ3v) is 4.16. The lowest BCUT2D eigenvalue weighted by atomic mass is 10.2. The summed E-state index contributed by atoms with van der Waals surface area (Å²) in [5.74, 6) is -0.926. The minimum absolute atomic E-state index is 0.0305. The van der Waals surface area contributed by atoms with Crippen LogP contribution < -0.4 is 15.4 Å². The van der Waals surface area contributed by atoms with E-state index in [-0.39, 0.29) is 11.4 Å². The number of rotatable bonds is 5. The number of imide groups is 1. The van der Waals surface area contributed by atoms with Crippen molar-refractivity contribution in [2.24, 2.45) is 0 Å². The van der Waals surface area contributed by atoms with Gasteiger partial charge in [-0.15, -0.1) is 0 Å². The third-order valence-electron chi connectivity index (χ3n) is 4.16. The summed E-state index contributed by atoms with van der Waals surface area (Å²) < 4.78 is 43.3. The summed E-state index contributed by atoms with van der Waals surface area (Å²) in [7, 11) is 1.51. The number of hydrogen-bond acceptors (Lipinski definition) is 4. The van der Waals surface area contributed by atoms with E-state index in [1.165, 1.54) is 19.3 Å². The van der Waals surface area contributed by atoms with Gasteiger partial charge in [0.05, 0.1) is 12.7 Å². The van der Waals surface area contributed by atoms with E-state index in [2.05, 4.69) is 10.6 Å². The molecule has 1 aliphatic heterocycles. The summed E-state index contributed by atoms with van der Waals surface area (Å²) in [6.45, 7) is -0.652. The van der Waals surface area contributed by atoms with E-state index < -0.39 is 36.1 Å². The lowest BCUT2D eigenvalue weighted by Crippen LogP contribution is -2.38. The minimum atomic E-state index is -4.56. The van der Waals surface area contributed by atoms with Crippen LogP contribution in [0.2, 0.25) is 0 Å². The van der Waals surface area contributed by atoms with Crippen molar-refractivity contribution in [3.63, 3.8) is 0 Å². The highest BCUT2D eigenvalue weighted by Gasteiger charge is 2.35. The summed E-state index contributed by atoms with van der Waals surface area (Å²) in [6.07, 6.45) is -3.13. The lowest BCUT2D eigenvalue weighted by molar-refractivity contribution is -0.137. The zero-order valence-corrected chi connectivity index (χ0v) is 15.6. The van der Waals surface area contributed by atoms with Crippen molar-refractivity contribution in [1.82, 2.24) is 10.2 Å². The van der Waals surface area contributed by atoms with E-state index in [9.17, 15) is 27.6 Å². The molecule has 1 heterocycles. The Morgan fingerprint density at radius 3 is 2.50 bits per heavy atom. The molecule has 30 heavy (non-hydrogen) atoms. The Hall–Kier alpha value is -3.82. The number of alkyl halides is 3. The Bertz CT molecular complexity index is 1020. The lowest BCUT2D eigenvalue weighted by Gasteiger charge is -2.13. The van der Waals surface area contributed by atoms with Crippen LogP contribution in [0.4, 0.5) is 23.7 Å². The zero-order chi connectivity index (χ0) is 21.9. The molecule has 0 radical (unpaired) electrons. The molecule has 0 aromatic heterocycles. The second kappa shape index (κ2) is 8.27. The fourth-order valence-corrected chi connectivity index (χ4v) is 2.70. The van der Waals surface area contributed by atoms with Crippen molar-refractivity contribution in [3.05, 3.63) is 65.4 Å². The Balaban J connectivity index is 1.68. The molecule has 4 amide bonds. The van der Waals surface area contributed by atoms with Gasteiger partial charge in [-0.1, -0.05) is 18.2 Å². The molecule has 0 saturated carbocycles. The highest BCUT2D eigenvalue weighted by atomic mass is 19.4. The maximum atomic E-state index is 12.8. The SMILES string of the molecule is COc1ccc(/C=C2\NC(=O)N(CC(=O)Nc3cccc(C(F)(F)F)c3)C2=O)cc1. The quantitative estimate of drug-likeness (QED) is 0.575. The van der Waals surface area contributed by atoms with Crippen molar-refractivity contribution in [1.29, 1.82) is 0 Å². The first-order chi connectivity index (χ1) is 14.2. The molecule has 0 aliphatic carbocycles. The van der Waals surface area contributed by atoms with Crippen molar-refractivity contribution in [2.75, 3.05) is 19.0 Å². The van der Waals surface area contributed by atoms with Gasteiger partial charge in [0.1, 0.15) is 18.0 Å². The molecule has 1 fully saturated rings. The van der Waals surface area contributed by atoms with Gasteiger partial charge < -0.3 is 15.4 Å². The molecule has 0 spiro atoms. The number of anilines is 1. The Morgan fingerprint density at radius 1 is 1.17 bits per heavy atom. The first-order valence-electron chi connectivity index (χ1n) is 8.63. The van der Waals surface area contributed by atoms with Crippen LogP contribution >= 0.6 is 0 Å². The number of methoxy groups -OCH3 is 1. The molecule has 1 aliphatic rings. The van der Waals surface area contributed by atoms with Crippen LogP contribution in [-0.2, 0) is 15.8 Å². The predicted octanol–water partition coefficient (Wildman–Crippen LogP) is 3.25. The molecule has 0 bridgehead atoms.